The van der Waals surface area contributed by atoms with Crippen molar-refractivity contribution in [3.05, 3.63) is 42.2 Å². The first-order valence-corrected chi connectivity index (χ1v) is 6.90. The molecule has 0 spiro atoms. The lowest BCUT2D eigenvalue weighted by Gasteiger charge is -2.20. The Balaban J connectivity index is 1.82. The van der Waals surface area contributed by atoms with Gasteiger partial charge in [-0.25, -0.2) is 14.1 Å². The van der Waals surface area contributed by atoms with Crippen molar-refractivity contribution in [3.63, 3.8) is 0 Å². The van der Waals surface area contributed by atoms with Gasteiger partial charge in [-0.15, -0.1) is 0 Å². The maximum atomic E-state index is 14.1. The SMILES string of the molecule is O=C(c1ccc(-n2cncn2)c(F)c1)N1CCCNCC1. The standard InChI is InChI=1S/C14H16FN5O/c15-12-8-11(2-3-13(12)20-10-17-9-18-20)14(21)19-6-1-4-16-5-7-19/h2-3,8-10,16H,1,4-7H2. The van der Waals surface area contributed by atoms with Gasteiger partial charge in [0.15, 0.2) is 0 Å². The van der Waals surface area contributed by atoms with Gasteiger partial charge in [0.25, 0.3) is 5.91 Å². The van der Waals surface area contributed by atoms with Gasteiger partial charge in [-0.05, 0) is 31.2 Å². The summed E-state index contributed by atoms with van der Waals surface area (Å²) in [5.74, 6) is -0.623. The first-order chi connectivity index (χ1) is 10.3. The summed E-state index contributed by atoms with van der Waals surface area (Å²) in [6.45, 7) is 3.01. The van der Waals surface area contributed by atoms with E-state index in [2.05, 4.69) is 15.4 Å². The van der Waals surface area contributed by atoms with E-state index in [0.717, 1.165) is 19.5 Å². The zero-order chi connectivity index (χ0) is 14.7. The largest absolute Gasteiger partial charge is 0.337 e. The molecule has 0 unspecified atom stereocenters. The van der Waals surface area contributed by atoms with E-state index in [1.54, 1.807) is 17.0 Å². The summed E-state index contributed by atoms with van der Waals surface area (Å²) in [6, 6.07) is 4.44. The molecule has 1 aliphatic rings. The van der Waals surface area contributed by atoms with Crippen LogP contribution in [0.3, 0.4) is 0 Å². The Morgan fingerprint density at radius 3 is 2.95 bits per heavy atom. The van der Waals surface area contributed by atoms with Crippen molar-refractivity contribution in [1.82, 2.24) is 25.0 Å². The van der Waals surface area contributed by atoms with E-state index in [4.69, 9.17) is 0 Å². The average Bonchev–Trinajstić information content (AvgIpc) is 2.88. The molecule has 0 saturated carbocycles. The van der Waals surface area contributed by atoms with Gasteiger partial charge in [0.05, 0.1) is 0 Å². The lowest BCUT2D eigenvalue weighted by Crippen LogP contribution is -2.34. The summed E-state index contributed by atoms with van der Waals surface area (Å²) in [4.78, 5) is 17.9. The van der Waals surface area contributed by atoms with Crippen molar-refractivity contribution in [1.29, 1.82) is 0 Å². The van der Waals surface area contributed by atoms with Crippen LogP contribution in [0.5, 0.6) is 0 Å². The van der Waals surface area contributed by atoms with Gasteiger partial charge >= 0.3 is 0 Å². The number of nitrogens with zero attached hydrogens (tertiary/aromatic N) is 4. The lowest BCUT2D eigenvalue weighted by molar-refractivity contribution is 0.0766. The van der Waals surface area contributed by atoms with Crippen LogP contribution in [0.15, 0.2) is 30.9 Å². The third kappa shape index (κ3) is 2.92. The Hall–Kier alpha value is -2.28. The third-order valence-electron chi connectivity index (χ3n) is 3.49. The molecule has 1 aromatic carbocycles. The number of nitrogens with one attached hydrogen (secondary N) is 1. The van der Waals surface area contributed by atoms with Crippen molar-refractivity contribution in [3.8, 4) is 5.69 Å². The fraction of sp³-hybridized carbons (Fsp3) is 0.357. The van der Waals surface area contributed by atoms with E-state index in [1.165, 1.54) is 23.4 Å². The van der Waals surface area contributed by atoms with Gasteiger partial charge in [-0.2, -0.15) is 5.10 Å². The van der Waals surface area contributed by atoms with Gasteiger partial charge in [0.1, 0.15) is 24.2 Å². The number of benzene rings is 1. The molecule has 1 fully saturated rings. The van der Waals surface area contributed by atoms with Crippen molar-refractivity contribution >= 4 is 5.91 Å². The molecule has 0 atom stereocenters. The van der Waals surface area contributed by atoms with Crippen LogP contribution in [0.25, 0.3) is 5.69 Å². The Kier molecular flexibility index (Phi) is 3.92. The zero-order valence-electron chi connectivity index (χ0n) is 11.5. The van der Waals surface area contributed by atoms with E-state index in [9.17, 15) is 9.18 Å². The molecule has 1 saturated heterocycles. The molecule has 2 aromatic rings. The van der Waals surface area contributed by atoms with Gasteiger partial charge in [0, 0.05) is 25.2 Å². The van der Waals surface area contributed by atoms with Crippen LogP contribution in [0.2, 0.25) is 0 Å². The number of aromatic nitrogens is 3. The highest BCUT2D eigenvalue weighted by atomic mass is 19.1. The Bertz CT molecular complexity index is 620. The summed E-state index contributed by atoms with van der Waals surface area (Å²) >= 11 is 0. The molecule has 1 N–H and O–H groups in total. The second-order valence-corrected chi connectivity index (χ2v) is 4.90. The molecule has 0 aliphatic carbocycles. The quantitative estimate of drug-likeness (QED) is 0.890. The van der Waals surface area contributed by atoms with Crippen molar-refractivity contribution in [2.75, 3.05) is 26.2 Å². The molecule has 0 bridgehead atoms. The van der Waals surface area contributed by atoms with Gasteiger partial charge in [-0.1, -0.05) is 0 Å². The number of hydrogen-bond donors (Lipinski definition) is 1. The van der Waals surface area contributed by atoms with Crippen LogP contribution in [-0.4, -0.2) is 51.8 Å². The lowest BCUT2D eigenvalue weighted by atomic mass is 10.1. The minimum absolute atomic E-state index is 0.136. The number of rotatable bonds is 2. The van der Waals surface area contributed by atoms with Gasteiger partial charge < -0.3 is 10.2 Å². The van der Waals surface area contributed by atoms with E-state index >= 15 is 0 Å². The summed E-state index contributed by atoms with van der Waals surface area (Å²) in [7, 11) is 0. The van der Waals surface area contributed by atoms with E-state index in [-0.39, 0.29) is 11.6 Å². The van der Waals surface area contributed by atoms with Crippen LogP contribution >= 0.6 is 0 Å². The van der Waals surface area contributed by atoms with Crippen LogP contribution in [0, 0.1) is 5.82 Å². The highest BCUT2D eigenvalue weighted by molar-refractivity contribution is 5.94. The monoisotopic (exact) mass is 289 g/mol. The Morgan fingerprint density at radius 1 is 1.29 bits per heavy atom. The van der Waals surface area contributed by atoms with E-state index in [0.29, 0.717) is 18.7 Å². The Morgan fingerprint density at radius 2 is 2.19 bits per heavy atom. The predicted octanol–water partition coefficient (Wildman–Crippen LogP) is 0.842. The predicted molar refractivity (Wildman–Crippen MR) is 74.7 cm³/mol. The normalized spacial score (nSPS) is 15.8. The zero-order valence-corrected chi connectivity index (χ0v) is 11.5. The minimum atomic E-state index is -0.487. The van der Waals surface area contributed by atoms with E-state index < -0.39 is 5.82 Å². The second kappa shape index (κ2) is 6.01. The molecule has 0 radical (unpaired) electrons. The smallest absolute Gasteiger partial charge is 0.254 e. The highest BCUT2D eigenvalue weighted by Crippen LogP contribution is 2.16. The molecule has 2 heterocycles. The van der Waals surface area contributed by atoms with Crippen molar-refractivity contribution in [2.45, 2.75) is 6.42 Å². The summed E-state index contributed by atoms with van der Waals surface area (Å²) in [5, 5.41) is 7.12. The summed E-state index contributed by atoms with van der Waals surface area (Å²) < 4.78 is 15.5. The topological polar surface area (TPSA) is 63.1 Å². The first kappa shape index (κ1) is 13.7. The van der Waals surface area contributed by atoms with Gasteiger partial charge in [-0.3, -0.25) is 4.79 Å². The number of halogens is 1. The molecule has 3 rings (SSSR count). The summed E-state index contributed by atoms with van der Waals surface area (Å²) in [5.41, 5.74) is 0.639. The van der Waals surface area contributed by atoms with E-state index in [1.807, 2.05) is 0 Å². The minimum Gasteiger partial charge on any atom is -0.337 e. The number of carbonyl (C=O) groups excluding carboxylic acids is 1. The molecule has 1 aliphatic heterocycles. The number of hydrogen-bond acceptors (Lipinski definition) is 4. The molecule has 7 heteroatoms. The maximum absolute atomic E-state index is 14.1. The maximum Gasteiger partial charge on any atom is 0.254 e. The molecule has 1 aromatic heterocycles. The van der Waals surface area contributed by atoms with Crippen molar-refractivity contribution < 1.29 is 9.18 Å². The summed E-state index contributed by atoms with van der Waals surface area (Å²) in [6.07, 6.45) is 3.66. The van der Waals surface area contributed by atoms with Crippen LogP contribution < -0.4 is 5.32 Å². The van der Waals surface area contributed by atoms with Crippen LogP contribution in [0.4, 0.5) is 4.39 Å². The van der Waals surface area contributed by atoms with Crippen molar-refractivity contribution in [2.24, 2.45) is 0 Å². The number of carbonyl (C=O) groups is 1. The first-order valence-electron chi connectivity index (χ1n) is 6.90. The average molecular weight is 289 g/mol. The molecule has 1 amide bonds. The number of amides is 1. The highest BCUT2D eigenvalue weighted by Gasteiger charge is 2.18. The second-order valence-electron chi connectivity index (χ2n) is 4.90. The third-order valence-corrected chi connectivity index (χ3v) is 3.49. The van der Waals surface area contributed by atoms with Crippen LogP contribution in [-0.2, 0) is 0 Å². The molecule has 21 heavy (non-hydrogen) atoms. The molecular weight excluding hydrogens is 273 g/mol. The fourth-order valence-corrected chi connectivity index (χ4v) is 2.39. The fourth-order valence-electron chi connectivity index (χ4n) is 2.39. The molecule has 6 nitrogen and oxygen atoms in total. The molecular formula is C14H16FN5O. The Labute approximate surface area is 121 Å². The van der Waals surface area contributed by atoms with Crippen LogP contribution in [0.1, 0.15) is 16.8 Å². The van der Waals surface area contributed by atoms with Gasteiger partial charge in [0.2, 0.25) is 0 Å². The molecule has 110 valence electrons.